The van der Waals surface area contributed by atoms with Crippen LogP contribution >= 0.6 is 23.4 Å². The Bertz CT molecular complexity index is 1250. The molecule has 0 aromatic heterocycles. The van der Waals surface area contributed by atoms with Crippen LogP contribution in [0.5, 0.6) is 23.0 Å². The number of hydrogen-bond acceptors (Lipinski definition) is 6. The van der Waals surface area contributed by atoms with E-state index in [4.69, 9.17) is 25.8 Å². The number of ether oxygens (including phenoxy) is 3. The molecule has 3 aromatic rings. The summed E-state index contributed by atoms with van der Waals surface area (Å²) in [5, 5.41) is 2.69. The fourth-order valence-electron chi connectivity index (χ4n) is 3.98. The van der Waals surface area contributed by atoms with Gasteiger partial charge in [-0.25, -0.2) is 0 Å². The van der Waals surface area contributed by atoms with Crippen LogP contribution in [-0.4, -0.2) is 24.4 Å². The molecule has 0 radical (unpaired) electrons. The van der Waals surface area contributed by atoms with Gasteiger partial charge in [0.05, 0.1) is 13.2 Å². The molecule has 0 saturated carbocycles. The highest BCUT2D eigenvalue weighted by atomic mass is 35.5. The highest BCUT2D eigenvalue weighted by molar-refractivity contribution is 8.15. The van der Waals surface area contributed by atoms with Gasteiger partial charge < -0.3 is 14.2 Å². The average Bonchev–Trinajstić information content (AvgIpc) is 3.16. The summed E-state index contributed by atoms with van der Waals surface area (Å²) in [6, 6.07) is 20.6. The number of halogens is 1. The van der Waals surface area contributed by atoms with E-state index in [0.717, 1.165) is 65.8 Å². The van der Waals surface area contributed by atoms with Crippen molar-refractivity contribution in [2.24, 2.45) is 0 Å². The number of benzene rings is 3. The third-order valence-electron chi connectivity index (χ3n) is 6.00. The number of aryl methyl sites for hydroxylation is 1. The van der Waals surface area contributed by atoms with E-state index >= 15 is 0 Å². The van der Waals surface area contributed by atoms with Crippen LogP contribution in [0.4, 0.5) is 4.79 Å². The average molecular weight is 540 g/mol. The lowest BCUT2D eigenvalue weighted by Gasteiger charge is -2.19. The zero-order valence-electron chi connectivity index (χ0n) is 20.9. The van der Waals surface area contributed by atoms with Crippen molar-refractivity contribution >= 4 is 34.5 Å². The van der Waals surface area contributed by atoms with Gasteiger partial charge in [-0.1, -0.05) is 37.1 Å². The molecule has 6 nitrogen and oxygen atoms in total. The van der Waals surface area contributed by atoms with Crippen molar-refractivity contribution in [3.05, 3.63) is 82.9 Å². The Hall–Kier alpha value is -3.16. The van der Waals surface area contributed by atoms with Crippen molar-refractivity contribution in [2.45, 2.75) is 44.3 Å². The molecule has 1 atom stereocenters. The van der Waals surface area contributed by atoms with Crippen LogP contribution in [0.2, 0.25) is 5.02 Å². The zero-order valence-corrected chi connectivity index (χ0v) is 22.5. The maximum atomic E-state index is 12.2. The summed E-state index contributed by atoms with van der Waals surface area (Å²) < 4.78 is 17.0. The first kappa shape index (κ1) is 26.9. The number of imide groups is 1. The Morgan fingerprint density at radius 2 is 1.62 bits per heavy atom. The van der Waals surface area contributed by atoms with E-state index in [-0.39, 0.29) is 11.1 Å². The number of nitrogens with one attached hydrogen (secondary N) is 1. The lowest BCUT2D eigenvalue weighted by molar-refractivity contribution is -0.121. The van der Waals surface area contributed by atoms with Crippen LogP contribution in [-0.2, 0) is 16.0 Å². The number of hydrogen-bond donors (Lipinski definition) is 1. The van der Waals surface area contributed by atoms with Gasteiger partial charge in [0.2, 0.25) is 5.91 Å². The lowest BCUT2D eigenvalue weighted by atomic mass is 9.99. The second kappa shape index (κ2) is 12.4. The maximum absolute atomic E-state index is 12.2. The maximum Gasteiger partial charge on any atom is 0.287 e. The third kappa shape index (κ3) is 6.99. The minimum atomic E-state index is -0.935. The first-order valence-corrected chi connectivity index (χ1v) is 13.5. The molecule has 0 aliphatic carbocycles. The SMILES string of the molecule is CCCc1cc(Oc2ccc(Cl)cc2)ccc1OCCCCOc1cccc(C2(C)SC(=O)NC2=O)c1. The van der Waals surface area contributed by atoms with Crippen molar-refractivity contribution in [3.8, 4) is 23.0 Å². The molecule has 1 saturated heterocycles. The van der Waals surface area contributed by atoms with Crippen molar-refractivity contribution in [3.63, 3.8) is 0 Å². The molecule has 194 valence electrons. The first-order valence-electron chi connectivity index (χ1n) is 12.3. The van der Waals surface area contributed by atoms with E-state index in [2.05, 4.69) is 12.2 Å². The van der Waals surface area contributed by atoms with Crippen LogP contribution in [0.3, 0.4) is 0 Å². The molecule has 8 heteroatoms. The first-order chi connectivity index (χ1) is 17.9. The Morgan fingerprint density at radius 1 is 0.892 bits per heavy atom. The van der Waals surface area contributed by atoms with Gasteiger partial charge in [-0.3, -0.25) is 14.9 Å². The Kier molecular flexibility index (Phi) is 9.00. The highest BCUT2D eigenvalue weighted by Crippen LogP contribution is 2.41. The summed E-state index contributed by atoms with van der Waals surface area (Å²) in [5.74, 6) is 2.74. The smallest absolute Gasteiger partial charge is 0.287 e. The van der Waals surface area contributed by atoms with Crippen molar-refractivity contribution in [1.29, 1.82) is 0 Å². The molecule has 1 N–H and O–H groups in total. The molecule has 0 bridgehead atoms. The molecule has 4 rings (SSSR count). The van der Waals surface area contributed by atoms with Crippen molar-refractivity contribution in [2.75, 3.05) is 13.2 Å². The van der Waals surface area contributed by atoms with Crippen molar-refractivity contribution < 1.29 is 23.8 Å². The van der Waals surface area contributed by atoms with Gasteiger partial charge in [0.25, 0.3) is 5.24 Å². The fraction of sp³-hybridized carbons (Fsp3) is 0.310. The topological polar surface area (TPSA) is 73.9 Å². The molecule has 0 spiro atoms. The number of thioether (sulfide) groups is 1. The summed E-state index contributed by atoms with van der Waals surface area (Å²) in [6.45, 7) is 4.99. The fourth-order valence-corrected chi connectivity index (χ4v) is 5.01. The molecule has 1 fully saturated rings. The summed E-state index contributed by atoms with van der Waals surface area (Å²) in [7, 11) is 0. The van der Waals surface area contributed by atoms with Gasteiger partial charge in [-0.05, 0) is 104 Å². The van der Waals surface area contributed by atoms with Gasteiger partial charge >= 0.3 is 0 Å². The lowest BCUT2D eigenvalue weighted by Crippen LogP contribution is -2.31. The second-order valence-corrected chi connectivity index (χ2v) is 10.7. The molecule has 37 heavy (non-hydrogen) atoms. The molecular formula is C29H30ClNO5S. The summed E-state index contributed by atoms with van der Waals surface area (Å²) in [6.07, 6.45) is 3.54. The zero-order chi connectivity index (χ0) is 26.3. The molecule has 2 amide bonds. The van der Waals surface area contributed by atoms with Crippen molar-refractivity contribution in [1.82, 2.24) is 5.32 Å². The molecule has 1 aliphatic heterocycles. The Morgan fingerprint density at radius 3 is 2.32 bits per heavy atom. The van der Waals surface area contributed by atoms with Gasteiger partial charge in [-0.15, -0.1) is 0 Å². The third-order valence-corrected chi connectivity index (χ3v) is 7.36. The largest absolute Gasteiger partial charge is 0.494 e. The molecule has 1 unspecified atom stereocenters. The van der Waals surface area contributed by atoms with Gasteiger partial charge in [0.1, 0.15) is 27.7 Å². The van der Waals surface area contributed by atoms with Crippen LogP contribution in [0, 0.1) is 0 Å². The number of unbranched alkanes of at least 4 members (excludes halogenated alkanes) is 1. The Labute approximate surface area is 226 Å². The predicted octanol–water partition coefficient (Wildman–Crippen LogP) is 7.52. The summed E-state index contributed by atoms with van der Waals surface area (Å²) in [4.78, 5) is 23.9. The standard InChI is InChI=1S/C29H30ClNO5S/c1-3-7-20-18-25(36-23-12-10-22(30)11-13-23)14-15-26(20)35-17-5-4-16-34-24-9-6-8-21(19-24)29(2)27(32)31-28(33)37-29/h6,8-15,18-19H,3-5,7,16-17H2,1-2H3,(H,31,32,33). The number of rotatable bonds is 12. The minimum Gasteiger partial charge on any atom is -0.494 e. The number of carbonyl (C=O) groups is 2. The van der Waals surface area contributed by atoms with E-state index in [1.807, 2.05) is 54.6 Å². The normalized spacial score (nSPS) is 16.9. The molecule has 1 heterocycles. The monoisotopic (exact) mass is 539 g/mol. The molecule has 3 aromatic carbocycles. The van der Waals surface area contributed by atoms with E-state index in [0.29, 0.717) is 24.0 Å². The van der Waals surface area contributed by atoms with Crippen LogP contribution in [0.25, 0.3) is 0 Å². The van der Waals surface area contributed by atoms with E-state index < -0.39 is 4.75 Å². The summed E-state index contributed by atoms with van der Waals surface area (Å²) >= 11 is 6.95. The highest BCUT2D eigenvalue weighted by Gasteiger charge is 2.45. The van der Waals surface area contributed by atoms with E-state index in [1.165, 1.54) is 0 Å². The minimum absolute atomic E-state index is 0.302. The quantitative estimate of drug-likeness (QED) is 0.240. The second-order valence-electron chi connectivity index (χ2n) is 8.88. The van der Waals surface area contributed by atoms with Gasteiger partial charge in [-0.2, -0.15) is 0 Å². The number of carbonyl (C=O) groups excluding carboxylic acids is 2. The van der Waals surface area contributed by atoms with E-state index in [9.17, 15) is 9.59 Å². The molecular weight excluding hydrogens is 510 g/mol. The predicted molar refractivity (Wildman–Crippen MR) is 147 cm³/mol. The van der Waals surface area contributed by atoms with Crippen LogP contribution in [0.1, 0.15) is 44.2 Å². The van der Waals surface area contributed by atoms with Crippen LogP contribution < -0.4 is 19.5 Å². The van der Waals surface area contributed by atoms with Crippen LogP contribution in [0.15, 0.2) is 66.7 Å². The van der Waals surface area contributed by atoms with E-state index in [1.54, 1.807) is 19.1 Å². The van der Waals surface area contributed by atoms with Gasteiger partial charge in [0, 0.05) is 5.02 Å². The Balaban J connectivity index is 1.25. The summed E-state index contributed by atoms with van der Waals surface area (Å²) in [5.41, 5.74) is 1.86. The van der Waals surface area contributed by atoms with Gasteiger partial charge in [0.15, 0.2) is 0 Å². The number of amides is 2. The molecule has 1 aliphatic rings.